The molecule has 3 nitrogen and oxygen atoms in total. The van der Waals surface area contributed by atoms with Crippen LogP contribution < -0.4 is 5.32 Å². The van der Waals surface area contributed by atoms with Crippen molar-refractivity contribution in [1.82, 2.24) is 15.3 Å². The van der Waals surface area contributed by atoms with Gasteiger partial charge in [-0.3, -0.25) is 4.98 Å². The first-order valence-corrected chi connectivity index (χ1v) is 8.54. The highest BCUT2D eigenvalue weighted by atomic mass is 14.9. The number of hydrogen-bond acceptors (Lipinski definition) is 2. The molecule has 0 fully saturated rings. The van der Waals surface area contributed by atoms with Crippen molar-refractivity contribution in [1.29, 1.82) is 0 Å². The standard InChI is InChI=1S/C20H23N3/c1-14-5-6-18-17(13-14)16-3-2-4-19(20(16)23-18)22-12-9-15-7-10-21-11-8-15/h5-8,10-11,13,19,22-23H,2-4,9,12H2,1H3. The van der Waals surface area contributed by atoms with Crippen LogP contribution in [0.3, 0.4) is 0 Å². The molecule has 0 spiro atoms. The van der Waals surface area contributed by atoms with E-state index in [1.807, 2.05) is 12.4 Å². The highest BCUT2D eigenvalue weighted by molar-refractivity contribution is 5.85. The van der Waals surface area contributed by atoms with Gasteiger partial charge in [0.25, 0.3) is 0 Å². The molecule has 3 heteroatoms. The maximum absolute atomic E-state index is 4.08. The van der Waals surface area contributed by atoms with Gasteiger partial charge in [-0.2, -0.15) is 0 Å². The minimum absolute atomic E-state index is 0.452. The number of nitrogens with zero attached hydrogens (tertiary/aromatic N) is 1. The molecule has 1 aromatic carbocycles. The predicted molar refractivity (Wildman–Crippen MR) is 94.7 cm³/mol. The average molecular weight is 305 g/mol. The fourth-order valence-electron chi connectivity index (χ4n) is 3.72. The molecule has 1 unspecified atom stereocenters. The van der Waals surface area contributed by atoms with E-state index in [2.05, 4.69) is 52.5 Å². The number of pyridine rings is 1. The normalized spacial score (nSPS) is 17.3. The van der Waals surface area contributed by atoms with Crippen molar-refractivity contribution in [3.8, 4) is 0 Å². The van der Waals surface area contributed by atoms with Crippen LogP contribution in [0.1, 0.15) is 41.3 Å². The van der Waals surface area contributed by atoms with Gasteiger partial charge in [0, 0.05) is 35.0 Å². The van der Waals surface area contributed by atoms with Gasteiger partial charge in [0.15, 0.2) is 0 Å². The Morgan fingerprint density at radius 2 is 2.09 bits per heavy atom. The van der Waals surface area contributed by atoms with Crippen molar-refractivity contribution in [2.45, 2.75) is 38.6 Å². The van der Waals surface area contributed by atoms with Crippen molar-refractivity contribution in [3.63, 3.8) is 0 Å². The summed E-state index contributed by atoms with van der Waals surface area (Å²) < 4.78 is 0. The van der Waals surface area contributed by atoms with E-state index in [1.165, 1.54) is 52.5 Å². The molecule has 0 saturated carbocycles. The van der Waals surface area contributed by atoms with E-state index in [0.29, 0.717) is 6.04 Å². The zero-order valence-corrected chi connectivity index (χ0v) is 13.6. The summed E-state index contributed by atoms with van der Waals surface area (Å²) in [6.45, 7) is 3.18. The summed E-state index contributed by atoms with van der Waals surface area (Å²) in [7, 11) is 0. The number of aromatic amines is 1. The van der Waals surface area contributed by atoms with E-state index in [1.54, 1.807) is 0 Å². The number of hydrogen-bond donors (Lipinski definition) is 2. The second-order valence-corrected chi connectivity index (χ2v) is 6.57. The average Bonchev–Trinajstić information content (AvgIpc) is 2.95. The monoisotopic (exact) mass is 305 g/mol. The maximum Gasteiger partial charge on any atom is 0.0476 e. The molecule has 0 saturated heterocycles. The first-order valence-electron chi connectivity index (χ1n) is 8.54. The third kappa shape index (κ3) is 2.89. The summed E-state index contributed by atoms with van der Waals surface area (Å²) in [6.07, 6.45) is 8.47. The van der Waals surface area contributed by atoms with Crippen LogP contribution >= 0.6 is 0 Å². The molecule has 0 bridgehead atoms. The van der Waals surface area contributed by atoms with Crippen LogP contribution in [-0.2, 0) is 12.8 Å². The van der Waals surface area contributed by atoms with Crippen molar-refractivity contribution in [3.05, 3.63) is 65.1 Å². The molecule has 23 heavy (non-hydrogen) atoms. The fourth-order valence-corrected chi connectivity index (χ4v) is 3.72. The third-order valence-corrected chi connectivity index (χ3v) is 4.92. The summed E-state index contributed by atoms with van der Waals surface area (Å²) in [5.74, 6) is 0. The molecule has 1 aliphatic carbocycles. The number of benzene rings is 1. The summed E-state index contributed by atoms with van der Waals surface area (Å²) in [4.78, 5) is 7.75. The minimum atomic E-state index is 0.452. The number of H-pyrrole nitrogens is 1. The van der Waals surface area contributed by atoms with Crippen molar-refractivity contribution < 1.29 is 0 Å². The molecule has 3 aromatic rings. The molecule has 0 amide bonds. The Balaban J connectivity index is 1.52. The Labute approximate surface area is 137 Å². The lowest BCUT2D eigenvalue weighted by Crippen LogP contribution is -2.27. The molecular formula is C20H23N3. The van der Waals surface area contributed by atoms with E-state index in [4.69, 9.17) is 0 Å². The summed E-state index contributed by atoms with van der Waals surface area (Å²) in [5, 5.41) is 5.17. The minimum Gasteiger partial charge on any atom is -0.357 e. The van der Waals surface area contributed by atoms with Crippen molar-refractivity contribution in [2.75, 3.05) is 6.54 Å². The Morgan fingerprint density at radius 3 is 2.96 bits per heavy atom. The summed E-state index contributed by atoms with van der Waals surface area (Å²) in [5.41, 5.74) is 6.90. The Kier molecular flexibility index (Phi) is 3.88. The van der Waals surface area contributed by atoms with Gasteiger partial charge in [0.2, 0.25) is 0 Å². The lowest BCUT2D eigenvalue weighted by Gasteiger charge is -2.24. The van der Waals surface area contributed by atoms with Crippen LogP contribution in [0, 0.1) is 6.92 Å². The first kappa shape index (κ1) is 14.5. The number of nitrogens with one attached hydrogen (secondary N) is 2. The van der Waals surface area contributed by atoms with Crippen LogP contribution in [0.2, 0.25) is 0 Å². The smallest absolute Gasteiger partial charge is 0.0476 e. The van der Waals surface area contributed by atoms with Gasteiger partial charge >= 0.3 is 0 Å². The number of aromatic nitrogens is 2. The van der Waals surface area contributed by atoms with Crippen LogP contribution in [0.15, 0.2) is 42.7 Å². The molecule has 2 N–H and O–H groups in total. The largest absolute Gasteiger partial charge is 0.357 e. The maximum atomic E-state index is 4.08. The second kappa shape index (κ2) is 6.17. The number of rotatable bonds is 4. The molecule has 1 atom stereocenters. The SMILES string of the molecule is Cc1ccc2[nH]c3c(c2c1)CCCC3NCCc1ccncc1. The van der Waals surface area contributed by atoms with Crippen LogP contribution in [0.4, 0.5) is 0 Å². The Hall–Kier alpha value is -2.13. The van der Waals surface area contributed by atoms with Crippen LogP contribution in [0.25, 0.3) is 10.9 Å². The highest BCUT2D eigenvalue weighted by Crippen LogP contribution is 2.35. The lowest BCUT2D eigenvalue weighted by molar-refractivity contribution is 0.456. The van der Waals surface area contributed by atoms with Gasteiger partial charge in [-0.1, -0.05) is 11.6 Å². The van der Waals surface area contributed by atoms with E-state index in [0.717, 1.165) is 13.0 Å². The quantitative estimate of drug-likeness (QED) is 0.762. The predicted octanol–water partition coefficient (Wildman–Crippen LogP) is 4.08. The number of aryl methyl sites for hydroxylation is 2. The van der Waals surface area contributed by atoms with E-state index >= 15 is 0 Å². The van der Waals surface area contributed by atoms with E-state index in [-0.39, 0.29) is 0 Å². The second-order valence-electron chi connectivity index (χ2n) is 6.57. The lowest BCUT2D eigenvalue weighted by atomic mass is 9.91. The van der Waals surface area contributed by atoms with Gasteiger partial charge in [-0.15, -0.1) is 0 Å². The zero-order valence-electron chi connectivity index (χ0n) is 13.6. The number of fused-ring (bicyclic) bond motifs is 3. The Bertz CT molecular complexity index is 804. The van der Waals surface area contributed by atoms with Gasteiger partial charge in [-0.05, 0) is 74.5 Å². The van der Waals surface area contributed by atoms with Crippen LogP contribution in [0.5, 0.6) is 0 Å². The molecule has 118 valence electrons. The first-order chi connectivity index (χ1) is 11.3. The Morgan fingerprint density at radius 1 is 1.22 bits per heavy atom. The fraction of sp³-hybridized carbons (Fsp3) is 0.350. The highest BCUT2D eigenvalue weighted by Gasteiger charge is 2.23. The molecule has 0 radical (unpaired) electrons. The molecule has 2 heterocycles. The molecule has 0 aliphatic heterocycles. The summed E-state index contributed by atoms with van der Waals surface area (Å²) in [6, 6.07) is 11.4. The zero-order chi connectivity index (χ0) is 15.6. The van der Waals surface area contributed by atoms with Crippen LogP contribution in [-0.4, -0.2) is 16.5 Å². The van der Waals surface area contributed by atoms with Gasteiger partial charge in [-0.25, -0.2) is 0 Å². The molecule has 4 rings (SSSR count). The van der Waals surface area contributed by atoms with Crippen molar-refractivity contribution in [2.24, 2.45) is 0 Å². The topological polar surface area (TPSA) is 40.7 Å². The van der Waals surface area contributed by atoms with Gasteiger partial charge < -0.3 is 10.3 Å². The van der Waals surface area contributed by atoms with E-state index in [9.17, 15) is 0 Å². The van der Waals surface area contributed by atoms with Crippen molar-refractivity contribution >= 4 is 10.9 Å². The van der Waals surface area contributed by atoms with Gasteiger partial charge in [0.05, 0.1) is 0 Å². The molecule has 1 aliphatic rings. The molecule has 2 aromatic heterocycles. The van der Waals surface area contributed by atoms with E-state index < -0.39 is 0 Å². The third-order valence-electron chi connectivity index (χ3n) is 4.92. The molecular weight excluding hydrogens is 282 g/mol. The van der Waals surface area contributed by atoms with Gasteiger partial charge in [0.1, 0.15) is 0 Å². The summed E-state index contributed by atoms with van der Waals surface area (Å²) >= 11 is 0.